The van der Waals surface area contributed by atoms with Crippen LogP contribution >= 0.6 is 0 Å². The van der Waals surface area contributed by atoms with Crippen LogP contribution < -0.4 is 5.06 Å². The highest BCUT2D eigenvalue weighted by molar-refractivity contribution is 6.14. The summed E-state index contributed by atoms with van der Waals surface area (Å²) < 4.78 is 0. The number of rotatable bonds is 0. The van der Waals surface area contributed by atoms with E-state index in [1.54, 1.807) is 0 Å². The Morgan fingerprint density at radius 2 is 1.92 bits per heavy atom. The summed E-state index contributed by atoms with van der Waals surface area (Å²) in [6.07, 6.45) is 0. The van der Waals surface area contributed by atoms with E-state index < -0.39 is 5.54 Å². The number of para-hydroxylation sites is 1. The summed E-state index contributed by atoms with van der Waals surface area (Å²) in [5.41, 5.74) is 1.39. The molecule has 3 nitrogen and oxygen atoms in total. The van der Waals surface area contributed by atoms with Gasteiger partial charge >= 0.3 is 0 Å². The first-order chi connectivity index (χ1) is 6.05. The van der Waals surface area contributed by atoms with E-state index in [1.807, 2.05) is 38.1 Å². The van der Waals surface area contributed by atoms with Crippen molar-refractivity contribution in [2.24, 2.45) is 0 Å². The van der Waals surface area contributed by atoms with Gasteiger partial charge in [-0.05, 0) is 19.9 Å². The monoisotopic (exact) mass is 176 g/mol. The second-order valence-corrected chi connectivity index (χ2v) is 3.76. The molecule has 0 radical (unpaired) electrons. The van der Waals surface area contributed by atoms with Crippen LogP contribution in [0.25, 0.3) is 0 Å². The van der Waals surface area contributed by atoms with Gasteiger partial charge in [0, 0.05) is 5.56 Å². The smallest absolute Gasteiger partial charge is 0.103 e. The molecule has 0 saturated carbocycles. The summed E-state index contributed by atoms with van der Waals surface area (Å²) in [5.74, 6) is 0. The molecule has 0 bridgehead atoms. The van der Waals surface area contributed by atoms with E-state index in [2.05, 4.69) is 0 Å². The zero-order valence-electron chi connectivity index (χ0n) is 7.70. The Kier molecular flexibility index (Phi) is 1.48. The van der Waals surface area contributed by atoms with E-state index in [-0.39, 0.29) is 0 Å². The number of nitrogens with zero attached hydrogens (tertiary/aromatic N) is 1. The Bertz CT molecular complexity index is 371. The van der Waals surface area contributed by atoms with Gasteiger partial charge in [0.2, 0.25) is 0 Å². The lowest BCUT2D eigenvalue weighted by Crippen LogP contribution is -2.42. The normalized spacial score (nSPS) is 19.0. The Labute approximate surface area is 77.1 Å². The molecule has 13 heavy (non-hydrogen) atoms. The summed E-state index contributed by atoms with van der Waals surface area (Å²) >= 11 is 0. The van der Waals surface area contributed by atoms with Crippen molar-refractivity contribution in [3.05, 3.63) is 29.8 Å². The third-order valence-corrected chi connectivity index (χ3v) is 2.54. The van der Waals surface area contributed by atoms with Crippen LogP contribution in [0.1, 0.15) is 19.4 Å². The topological polar surface area (TPSA) is 47.3 Å². The largest absolute Gasteiger partial charge is 0.302 e. The van der Waals surface area contributed by atoms with E-state index in [9.17, 15) is 5.21 Å². The number of hydroxylamine groups is 1. The molecule has 0 amide bonds. The van der Waals surface area contributed by atoms with Crippen LogP contribution in [0.2, 0.25) is 0 Å². The van der Waals surface area contributed by atoms with Crippen LogP contribution in [0.15, 0.2) is 24.3 Å². The Morgan fingerprint density at radius 3 is 2.54 bits per heavy atom. The van der Waals surface area contributed by atoms with Crippen LogP contribution in [0.5, 0.6) is 0 Å². The standard InChI is InChI=1S/C10H12N2O/c1-10(2)9(11)7-5-3-4-6-8(7)12(10)13/h3-6,11,13H,1-2H3. The lowest BCUT2D eigenvalue weighted by Gasteiger charge is -2.26. The molecule has 1 heterocycles. The number of nitrogens with one attached hydrogen (secondary N) is 1. The molecular weight excluding hydrogens is 164 g/mol. The van der Waals surface area contributed by atoms with Crippen LogP contribution in [0.3, 0.4) is 0 Å². The number of benzene rings is 1. The first-order valence-electron chi connectivity index (χ1n) is 4.22. The van der Waals surface area contributed by atoms with Crippen molar-refractivity contribution in [2.75, 3.05) is 5.06 Å². The Hall–Kier alpha value is -1.35. The van der Waals surface area contributed by atoms with Crippen LogP contribution in [0, 0.1) is 5.41 Å². The number of anilines is 1. The molecule has 3 heteroatoms. The van der Waals surface area contributed by atoms with Crippen molar-refractivity contribution in [1.82, 2.24) is 0 Å². The fraction of sp³-hybridized carbons (Fsp3) is 0.300. The highest BCUT2D eigenvalue weighted by Crippen LogP contribution is 2.36. The van der Waals surface area contributed by atoms with Crippen molar-refractivity contribution >= 4 is 11.4 Å². The number of fused-ring (bicyclic) bond motifs is 1. The molecule has 0 saturated heterocycles. The molecule has 0 aliphatic carbocycles. The average molecular weight is 176 g/mol. The lowest BCUT2D eigenvalue weighted by atomic mass is 9.97. The number of hydrogen-bond acceptors (Lipinski definition) is 3. The van der Waals surface area contributed by atoms with E-state index in [1.165, 1.54) is 0 Å². The number of hydrogen-bond donors (Lipinski definition) is 2. The zero-order valence-corrected chi connectivity index (χ0v) is 7.70. The van der Waals surface area contributed by atoms with Gasteiger partial charge in [0.15, 0.2) is 0 Å². The Morgan fingerprint density at radius 1 is 1.31 bits per heavy atom. The zero-order chi connectivity index (χ0) is 9.64. The van der Waals surface area contributed by atoms with E-state index in [0.29, 0.717) is 5.71 Å². The molecule has 0 fully saturated rings. The molecule has 0 aromatic heterocycles. The SMILES string of the molecule is CC1(C)C(=N)c2ccccc2N1O. The van der Waals surface area contributed by atoms with Gasteiger partial charge in [-0.3, -0.25) is 5.21 Å². The van der Waals surface area contributed by atoms with Crippen LogP contribution in [0.4, 0.5) is 5.69 Å². The fourth-order valence-corrected chi connectivity index (χ4v) is 1.61. The summed E-state index contributed by atoms with van der Waals surface area (Å²) in [5, 5.41) is 18.8. The first kappa shape index (κ1) is 8.26. The first-order valence-corrected chi connectivity index (χ1v) is 4.22. The molecule has 0 atom stereocenters. The van der Waals surface area contributed by atoms with Gasteiger partial charge < -0.3 is 5.41 Å². The predicted molar refractivity (Wildman–Crippen MR) is 51.6 cm³/mol. The second-order valence-electron chi connectivity index (χ2n) is 3.76. The minimum absolute atomic E-state index is 0.464. The van der Waals surface area contributed by atoms with Gasteiger partial charge in [0.1, 0.15) is 5.54 Å². The van der Waals surface area contributed by atoms with Crippen molar-refractivity contribution in [2.45, 2.75) is 19.4 Å². The third kappa shape index (κ3) is 0.906. The minimum atomic E-state index is -0.607. The van der Waals surface area contributed by atoms with Crippen molar-refractivity contribution in [3.8, 4) is 0 Å². The quantitative estimate of drug-likeness (QED) is 0.635. The van der Waals surface area contributed by atoms with Gasteiger partial charge in [0.25, 0.3) is 0 Å². The van der Waals surface area contributed by atoms with Crippen molar-refractivity contribution < 1.29 is 5.21 Å². The molecule has 1 aliphatic rings. The minimum Gasteiger partial charge on any atom is -0.302 e. The molecule has 68 valence electrons. The summed E-state index contributed by atoms with van der Waals surface area (Å²) in [4.78, 5) is 0. The molecule has 1 aromatic carbocycles. The molecule has 2 rings (SSSR count). The highest BCUT2D eigenvalue weighted by atomic mass is 16.5. The Balaban J connectivity index is 2.64. The highest BCUT2D eigenvalue weighted by Gasteiger charge is 2.40. The molecule has 1 aromatic rings. The summed E-state index contributed by atoms with van der Waals surface area (Å²) in [7, 11) is 0. The van der Waals surface area contributed by atoms with E-state index in [0.717, 1.165) is 16.3 Å². The second kappa shape index (κ2) is 2.33. The summed E-state index contributed by atoms with van der Waals surface area (Å²) in [6.45, 7) is 3.66. The maximum Gasteiger partial charge on any atom is 0.103 e. The van der Waals surface area contributed by atoms with Crippen LogP contribution in [-0.4, -0.2) is 16.5 Å². The average Bonchev–Trinajstić information content (AvgIpc) is 2.30. The maximum absolute atomic E-state index is 9.77. The van der Waals surface area contributed by atoms with Crippen molar-refractivity contribution in [3.63, 3.8) is 0 Å². The van der Waals surface area contributed by atoms with Gasteiger partial charge in [0.05, 0.1) is 11.4 Å². The maximum atomic E-state index is 9.77. The van der Waals surface area contributed by atoms with Crippen molar-refractivity contribution in [1.29, 1.82) is 5.41 Å². The molecule has 2 N–H and O–H groups in total. The van der Waals surface area contributed by atoms with E-state index >= 15 is 0 Å². The molecule has 0 unspecified atom stereocenters. The van der Waals surface area contributed by atoms with Gasteiger partial charge in [-0.15, -0.1) is 0 Å². The fourth-order valence-electron chi connectivity index (χ4n) is 1.61. The summed E-state index contributed by atoms with van der Waals surface area (Å²) in [6, 6.07) is 7.41. The van der Waals surface area contributed by atoms with Gasteiger partial charge in [-0.2, -0.15) is 0 Å². The lowest BCUT2D eigenvalue weighted by molar-refractivity contribution is 0.211. The molecular formula is C10H12N2O. The third-order valence-electron chi connectivity index (χ3n) is 2.54. The van der Waals surface area contributed by atoms with E-state index in [4.69, 9.17) is 5.41 Å². The van der Waals surface area contributed by atoms with Crippen LogP contribution in [-0.2, 0) is 0 Å². The van der Waals surface area contributed by atoms with Gasteiger partial charge in [-0.25, -0.2) is 5.06 Å². The predicted octanol–water partition coefficient (Wildman–Crippen LogP) is 2.04. The molecule has 0 spiro atoms. The molecule has 1 aliphatic heterocycles. The van der Waals surface area contributed by atoms with Gasteiger partial charge in [-0.1, -0.05) is 18.2 Å².